The van der Waals surface area contributed by atoms with Gasteiger partial charge in [-0.05, 0) is 25.1 Å². The van der Waals surface area contributed by atoms with E-state index in [0.717, 1.165) is 17.8 Å². The molecule has 0 spiro atoms. The summed E-state index contributed by atoms with van der Waals surface area (Å²) in [6.45, 7) is 0. The molecule has 1 aromatic carbocycles. The number of nitrogens with one attached hydrogen (secondary N) is 1. The molecule has 2 aromatic rings. The first kappa shape index (κ1) is 13.4. The summed E-state index contributed by atoms with van der Waals surface area (Å²) in [6, 6.07) is 5.81. The van der Waals surface area contributed by atoms with Gasteiger partial charge in [0.05, 0.1) is 16.1 Å². The fourth-order valence-electron chi connectivity index (χ4n) is 1.96. The molecule has 1 unspecified atom stereocenters. The normalized spacial score (nSPS) is 12.7. The Morgan fingerprint density at radius 3 is 2.78 bits per heavy atom. The molecule has 1 heterocycles. The minimum atomic E-state index is 0.112. The van der Waals surface area contributed by atoms with E-state index in [2.05, 4.69) is 10.3 Å². The van der Waals surface area contributed by atoms with Gasteiger partial charge in [-0.25, -0.2) is 4.98 Å². The summed E-state index contributed by atoms with van der Waals surface area (Å²) in [5.41, 5.74) is 1.02. The Morgan fingerprint density at radius 2 is 2.17 bits per heavy atom. The molecule has 96 valence electrons. The molecular formula is C13H15Cl2N3. The number of aromatic nitrogens is 2. The molecule has 1 atom stereocenters. The molecule has 0 aliphatic rings. The Morgan fingerprint density at radius 1 is 1.39 bits per heavy atom. The minimum absolute atomic E-state index is 0.112. The number of hydrogen-bond acceptors (Lipinski definition) is 2. The third-order valence-corrected chi connectivity index (χ3v) is 3.83. The molecule has 18 heavy (non-hydrogen) atoms. The molecular weight excluding hydrogens is 269 g/mol. The number of imidazole rings is 1. The third-order valence-electron chi connectivity index (χ3n) is 2.97. The molecule has 0 bridgehead atoms. The maximum Gasteiger partial charge on any atom is 0.125 e. The Bertz CT molecular complexity index is 537. The summed E-state index contributed by atoms with van der Waals surface area (Å²) in [7, 11) is 3.89. The molecule has 0 aliphatic heterocycles. The summed E-state index contributed by atoms with van der Waals surface area (Å²) in [6.07, 6.45) is 4.47. The van der Waals surface area contributed by atoms with Crippen molar-refractivity contribution in [3.05, 3.63) is 52.0 Å². The average Bonchev–Trinajstić information content (AvgIpc) is 2.77. The maximum atomic E-state index is 6.21. The van der Waals surface area contributed by atoms with Crippen LogP contribution in [0.25, 0.3) is 0 Å². The highest BCUT2D eigenvalue weighted by atomic mass is 35.5. The first-order chi connectivity index (χ1) is 8.63. The van der Waals surface area contributed by atoms with Crippen LogP contribution in [-0.4, -0.2) is 16.6 Å². The van der Waals surface area contributed by atoms with Gasteiger partial charge >= 0.3 is 0 Å². The van der Waals surface area contributed by atoms with Crippen molar-refractivity contribution >= 4 is 23.2 Å². The zero-order valence-corrected chi connectivity index (χ0v) is 11.8. The highest BCUT2D eigenvalue weighted by Gasteiger charge is 2.16. The van der Waals surface area contributed by atoms with E-state index in [1.54, 1.807) is 12.3 Å². The molecule has 0 aliphatic carbocycles. The Kier molecular flexibility index (Phi) is 4.27. The van der Waals surface area contributed by atoms with Crippen molar-refractivity contribution in [2.75, 3.05) is 7.05 Å². The summed E-state index contributed by atoms with van der Waals surface area (Å²) in [4.78, 5) is 4.36. The van der Waals surface area contributed by atoms with E-state index in [9.17, 15) is 0 Å². The van der Waals surface area contributed by atoms with Gasteiger partial charge in [-0.15, -0.1) is 0 Å². The lowest BCUT2D eigenvalue weighted by molar-refractivity contribution is 0.538. The van der Waals surface area contributed by atoms with Gasteiger partial charge in [0, 0.05) is 19.4 Å². The molecule has 5 heteroatoms. The molecule has 0 amide bonds. The predicted molar refractivity (Wildman–Crippen MR) is 75.2 cm³/mol. The topological polar surface area (TPSA) is 29.9 Å². The molecule has 1 aromatic heterocycles. The number of halogens is 2. The monoisotopic (exact) mass is 283 g/mol. The number of nitrogens with zero attached hydrogens (tertiary/aromatic N) is 2. The van der Waals surface area contributed by atoms with Crippen molar-refractivity contribution in [1.29, 1.82) is 0 Å². The van der Waals surface area contributed by atoms with Crippen LogP contribution in [0.1, 0.15) is 17.4 Å². The van der Waals surface area contributed by atoms with Gasteiger partial charge in [-0.2, -0.15) is 0 Å². The van der Waals surface area contributed by atoms with Crippen molar-refractivity contribution in [2.45, 2.75) is 12.5 Å². The van der Waals surface area contributed by atoms with Gasteiger partial charge in [0.2, 0.25) is 0 Å². The van der Waals surface area contributed by atoms with Crippen LogP contribution in [0.2, 0.25) is 10.0 Å². The van der Waals surface area contributed by atoms with E-state index in [0.29, 0.717) is 10.0 Å². The molecule has 0 fully saturated rings. The second-order valence-electron chi connectivity index (χ2n) is 4.15. The standard InChI is InChI=1S/C13H15Cl2N3/c1-16-11(13-17-6-7-18(13)2)8-9-4-3-5-10(14)12(9)15/h3-7,11,16H,8H2,1-2H3. The Balaban J connectivity index is 2.26. The van der Waals surface area contributed by atoms with E-state index < -0.39 is 0 Å². The van der Waals surface area contributed by atoms with Gasteiger partial charge in [-0.1, -0.05) is 35.3 Å². The van der Waals surface area contributed by atoms with E-state index in [1.807, 2.05) is 37.0 Å². The van der Waals surface area contributed by atoms with Crippen LogP contribution in [0.4, 0.5) is 0 Å². The Hall–Kier alpha value is -1.03. The van der Waals surface area contributed by atoms with Crippen molar-refractivity contribution in [3.8, 4) is 0 Å². The molecule has 1 N–H and O–H groups in total. The van der Waals surface area contributed by atoms with Gasteiger partial charge in [-0.3, -0.25) is 0 Å². The highest BCUT2D eigenvalue weighted by molar-refractivity contribution is 6.42. The van der Waals surface area contributed by atoms with Crippen LogP contribution in [0.5, 0.6) is 0 Å². The van der Waals surface area contributed by atoms with E-state index in [-0.39, 0.29) is 6.04 Å². The lowest BCUT2D eigenvalue weighted by Crippen LogP contribution is -2.22. The average molecular weight is 284 g/mol. The second kappa shape index (κ2) is 5.74. The van der Waals surface area contributed by atoms with E-state index in [4.69, 9.17) is 23.2 Å². The Labute approximate surface area is 117 Å². The lowest BCUT2D eigenvalue weighted by Gasteiger charge is -2.17. The highest BCUT2D eigenvalue weighted by Crippen LogP contribution is 2.28. The van der Waals surface area contributed by atoms with Gasteiger partial charge < -0.3 is 9.88 Å². The summed E-state index contributed by atoms with van der Waals surface area (Å²) >= 11 is 12.2. The van der Waals surface area contributed by atoms with Gasteiger partial charge in [0.25, 0.3) is 0 Å². The number of aryl methyl sites for hydroxylation is 1. The second-order valence-corrected chi connectivity index (χ2v) is 4.94. The molecule has 0 saturated carbocycles. The SMILES string of the molecule is CNC(Cc1cccc(Cl)c1Cl)c1nccn1C. The predicted octanol–water partition coefficient (Wildman–Crippen LogP) is 3.23. The largest absolute Gasteiger partial charge is 0.337 e. The first-order valence-corrected chi connectivity index (χ1v) is 6.46. The number of hydrogen-bond donors (Lipinski definition) is 1. The molecule has 0 saturated heterocycles. The van der Waals surface area contributed by atoms with Crippen LogP contribution in [0, 0.1) is 0 Å². The number of benzene rings is 1. The fourth-order valence-corrected chi connectivity index (χ4v) is 2.36. The maximum absolute atomic E-state index is 6.21. The van der Waals surface area contributed by atoms with E-state index in [1.165, 1.54) is 0 Å². The minimum Gasteiger partial charge on any atom is -0.337 e. The smallest absolute Gasteiger partial charge is 0.125 e. The summed E-state index contributed by atoms with van der Waals surface area (Å²) < 4.78 is 2.00. The van der Waals surface area contributed by atoms with Crippen LogP contribution in [-0.2, 0) is 13.5 Å². The fraction of sp³-hybridized carbons (Fsp3) is 0.308. The lowest BCUT2D eigenvalue weighted by atomic mass is 10.1. The van der Waals surface area contributed by atoms with Gasteiger partial charge in [0.1, 0.15) is 5.82 Å². The van der Waals surface area contributed by atoms with Crippen LogP contribution >= 0.6 is 23.2 Å². The van der Waals surface area contributed by atoms with Crippen molar-refractivity contribution in [1.82, 2.24) is 14.9 Å². The zero-order valence-electron chi connectivity index (χ0n) is 10.3. The molecule has 3 nitrogen and oxygen atoms in total. The van der Waals surface area contributed by atoms with Crippen molar-refractivity contribution in [2.24, 2.45) is 7.05 Å². The summed E-state index contributed by atoms with van der Waals surface area (Å²) in [5.74, 6) is 0.980. The molecule has 0 radical (unpaired) electrons. The third kappa shape index (κ3) is 2.69. The summed E-state index contributed by atoms with van der Waals surface area (Å²) in [5, 5.41) is 4.46. The first-order valence-electron chi connectivity index (χ1n) is 5.71. The van der Waals surface area contributed by atoms with E-state index >= 15 is 0 Å². The van der Waals surface area contributed by atoms with Crippen LogP contribution in [0.3, 0.4) is 0 Å². The number of rotatable bonds is 4. The van der Waals surface area contributed by atoms with Crippen molar-refractivity contribution in [3.63, 3.8) is 0 Å². The van der Waals surface area contributed by atoms with Crippen LogP contribution < -0.4 is 5.32 Å². The number of likely N-dealkylation sites (N-methyl/N-ethyl adjacent to an activating group) is 1. The van der Waals surface area contributed by atoms with Gasteiger partial charge in [0.15, 0.2) is 0 Å². The zero-order chi connectivity index (χ0) is 13.1. The van der Waals surface area contributed by atoms with Crippen molar-refractivity contribution < 1.29 is 0 Å². The van der Waals surface area contributed by atoms with Crippen LogP contribution in [0.15, 0.2) is 30.6 Å². The quantitative estimate of drug-likeness (QED) is 0.934. The molecule has 2 rings (SSSR count).